The first-order valence-corrected chi connectivity index (χ1v) is 13.7. The Labute approximate surface area is 214 Å². The van der Waals surface area contributed by atoms with Gasteiger partial charge in [-0.1, -0.05) is 38.0 Å². The summed E-state index contributed by atoms with van der Waals surface area (Å²) in [6.07, 6.45) is 4.41. The first-order valence-electron chi connectivity index (χ1n) is 12.3. The summed E-state index contributed by atoms with van der Waals surface area (Å²) >= 11 is 1.55. The molecule has 2 unspecified atom stereocenters. The fourth-order valence-electron chi connectivity index (χ4n) is 3.62. The molecule has 0 aromatic heterocycles. The van der Waals surface area contributed by atoms with Gasteiger partial charge in [-0.25, -0.2) is 4.79 Å². The van der Waals surface area contributed by atoms with E-state index in [1.54, 1.807) is 50.7 Å². The molecule has 0 saturated carbocycles. The lowest BCUT2D eigenvalue weighted by atomic mass is 9.99. The average molecular weight is 510 g/mol. The highest BCUT2D eigenvalue weighted by Gasteiger charge is 2.38. The molecular weight excluding hydrogens is 466 g/mol. The van der Waals surface area contributed by atoms with Gasteiger partial charge in [0.25, 0.3) is 0 Å². The van der Waals surface area contributed by atoms with E-state index >= 15 is 0 Å². The molecule has 9 heteroatoms. The van der Waals surface area contributed by atoms with Crippen LogP contribution in [0.15, 0.2) is 24.3 Å². The van der Waals surface area contributed by atoms with Crippen LogP contribution in [-0.2, 0) is 14.3 Å². The summed E-state index contributed by atoms with van der Waals surface area (Å²) in [5.41, 5.74) is -0.380. The van der Waals surface area contributed by atoms with Gasteiger partial charge in [-0.3, -0.25) is 9.59 Å². The number of aromatic hydroxyl groups is 1. The van der Waals surface area contributed by atoms with Gasteiger partial charge in [0.05, 0.1) is 0 Å². The highest BCUT2D eigenvalue weighted by Crippen LogP contribution is 2.31. The lowest BCUT2D eigenvalue weighted by Gasteiger charge is -2.37. The monoisotopic (exact) mass is 509 g/mol. The van der Waals surface area contributed by atoms with Crippen molar-refractivity contribution in [3.8, 4) is 5.75 Å². The number of unbranched alkanes of at least 4 members (excludes halogenated alkanes) is 2. The summed E-state index contributed by atoms with van der Waals surface area (Å²) in [6, 6.07) is 4.21. The molecule has 0 bridgehead atoms. The number of thioether (sulfide) groups is 1. The van der Waals surface area contributed by atoms with Crippen molar-refractivity contribution in [2.75, 3.05) is 18.6 Å². The number of benzene rings is 1. The van der Waals surface area contributed by atoms with E-state index in [1.165, 1.54) is 11.0 Å². The zero-order valence-electron chi connectivity index (χ0n) is 22.2. The molecule has 0 fully saturated rings. The minimum absolute atomic E-state index is 0.0691. The van der Waals surface area contributed by atoms with E-state index in [-0.39, 0.29) is 17.7 Å². The number of phenolic OH excluding ortho intramolecular Hbond substituents is 1. The van der Waals surface area contributed by atoms with Crippen LogP contribution in [0.5, 0.6) is 5.75 Å². The molecule has 35 heavy (non-hydrogen) atoms. The molecule has 0 radical (unpaired) electrons. The van der Waals surface area contributed by atoms with Crippen LogP contribution in [0.2, 0.25) is 0 Å². The van der Waals surface area contributed by atoms with E-state index in [4.69, 9.17) is 4.74 Å². The fraction of sp³-hybridized carbons (Fsp3) is 0.654. The molecule has 0 aliphatic heterocycles. The topological polar surface area (TPSA) is 108 Å². The number of phenols is 1. The third-order valence-electron chi connectivity index (χ3n) is 5.25. The number of amides is 3. The Kier molecular flexibility index (Phi) is 13.0. The quantitative estimate of drug-likeness (QED) is 0.335. The molecule has 1 rings (SSSR count). The van der Waals surface area contributed by atoms with Crippen molar-refractivity contribution in [1.82, 2.24) is 15.5 Å². The van der Waals surface area contributed by atoms with Crippen LogP contribution in [0, 0.1) is 0 Å². The van der Waals surface area contributed by atoms with Crippen LogP contribution in [0.1, 0.15) is 78.8 Å². The van der Waals surface area contributed by atoms with Crippen LogP contribution >= 0.6 is 11.8 Å². The minimum Gasteiger partial charge on any atom is -0.508 e. The SMILES string of the molecule is CCCCCNC(=O)C(c1ccccc1O)N(C(=O)C(CCSC)NC(=O)OC(C)(C)C)C(C)C. The predicted molar refractivity (Wildman–Crippen MR) is 142 cm³/mol. The number of ether oxygens (including phenoxy) is 1. The zero-order valence-corrected chi connectivity index (χ0v) is 23.0. The average Bonchev–Trinajstić information content (AvgIpc) is 2.76. The molecular formula is C26H43N3O5S. The Morgan fingerprint density at radius 1 is 1.14 bits per heavy atom. The second-order valence-corrected chi connectivity index (χ2v) is 10.8. The Morgan fingerprint density at radius 3 is 2.34 bits per heavy atom. The Bertz CT molecular complexity index is 825. The van der Waals surface area contributed by atoms with E-state index in [2.05, 4.69) is 17.6 Å². The molecule has 0 spiro atoms. The standard InChI is InChI=1S/C26H43N3O5S/c1-8-9-12-16-27-23(31)22(19-13-10-11-14-21(19)30)29(18(2)3)24(32)20(15-17-35-7)28-25(33)34-26(4,5)6/h10-11,13-14,18,20,22,30H,8-9,12,15-17H2,1-7H3,(H,27,31)(H,28,33). The van der Waals surface area contributed by atoms with E-state index in [0.29, 0.717) is 24.3 Å². The molecule has 0 heterocycles. The Balaban J connectivity index is 3.36. The maximum atomic E-state index is 13.9. The van der Waals surface area contributed by atoms with Crippen LogP contribution in [0.4, 0.5) is 4.79 Å². The van der Waals surface area contributed by atoms with Crippen LogP contribution in [0.3, 0.4) is 0 Å². The van der Waals surface area contributed by atoms with Crippen molar-refractivity contribution in [2.24, 2.45) is 0 Å². The number of alkyl carbamates (subject to hydrolysis) is 1. The number of hydrogen-bond acceptors (Lipinski definition) is 6. The number of carbonyl (C=O) groups excluding carboxylic acids is 3. The molecule has 198 valence electrons. The molecule has 3 amide bonds. The molecule has 3 N–H and O–H groups in total. The van der Waals surface area contributed by atoms with Gasteiger partial charge in [0.2, 0.25) is 11.8 Å². The third-order valence-corrected chi connectivity index (χ3v) is 5.89. The van der Waals surface area contributed by atoms with Gasteiger partial charge in [0.15, 0.2) is 0 Å². The predicted octanol–water partition coefficient (Wildman–Crippen LogP) is 4.62. The lowest BCUT2D eigenvalue weighted by Crippen LogP contribution is -2.55. The molecule has 1 aromatic carbocycles. The zero-order chi connectivity index (χ0) is 26.6. The van der Waals surface area contributed by atoms with Crippen molar-refractivity contribution in [3.05, 3.63) is 29.8 Å². The summed E-state index contributed by atoms with van der Waals surface area (Å²) < 4.78 is 5.38. The number of hydrogen-bond donors (Lipinski definition) is 3. The van der Waals surface area contributed by atoms with Gasteiger partial charge in [0, 0.05) is 18.2 Å². The molecule has 0 aliphatic rings. The van der Waals surface area contributed by atoms with Crippen LogP contribution in [0.25, 0.3) is 0 Å². The summed E-state index contributed by atoms with van der Waals surface area (Å²) in [6.45, 7) is 11.4. The summed E-state index contributed by atoms with van der Waals surface area (Å²) in [5, 5.41) is 16.2. The molecule has 0 aliphatic carbocycles. The van der Waals surface area contributed by atoms with Gasteiger partial charge < -0.3 is 25.4 Å². The van der Waals surface area contributed by atoms with E-state index in [1.807, 2.05) is 20.1 Å². The molecule has 1 aromatic rings. The first kappa shape index (κ1) is 30.6. The van der Waals surface area contributed by atoms with Crippen LogP contribution in [-0.4, -0.2) is 64.2 Å². The fourth-order valence-corrected chi connectivity index (χ4v) is 4.09. The molecule has 0 saturated heterocycles. The number of carbonyl (C=O) groups is 3. The van der Waals surface area contributed by atoms with E-state index < -0.39 is 29.7 Å². The second-order valence-electron chi connectivity index (χ2n) is 9.78. The lowest BCUT2D eigenvalue weighted by molar-refractivity contribution is -0.144. The van der Waals surface area contributed by atoms with Crippen molar-refractivity contribution in [2.45, 2.75) is 91.0 Å². The van der Waals surface area contributed by atoms with E-state index in [0.717, 1.165) is 19.3 Å². The largest absolute Gasteiger partial charge is 0.508 e. The summed E-state index contributed by atoms with van der Waals surface area (Å²) in [7, 11) is 0. The molecule has 8 nitrogen and oxygen atoms in total. The highest BCUT2D eigenvalue weighted by molar-refractivity contribution is 7.98. The Hall–Kier alpha value is -2.42. The summed E-state index contributed by atoms with van der Waals surface area (Å²) in [4.78, 5) is 41.3. The number of rotatable bonds is 13. The second kappa shape index (κ2) is 14.9. The van der Waals surface area contributed by atoms with Gasteiger partial charge >= 0.3 is 6.09 Å². The minimum atomic E-state index is -1.05. The first-order chi connectivity index (χ1) is 16.4. The van der Waals surface area contributed by atoms with Gasteiger partial charge in [-0.2, -0.15) is 11.8 Å². The van der Waals surface area contributed by atoms with Gasteiger partial charge in [-0.15, -0.1) is 0 Å². The smallest absolute Gasteiger partial charge is 0.408 e. The van der Waals surface area contributed by atoms with Gasteiger partial charge in [0.1, 0.15) is 23.4 Å². The summed E-state index contributed by atoms with van der Waals surface area (Å²) in [5.74, 6) is -0.217. The van der Waals surface area contributed by atoms with E-state index in [9.17, 15) is 19.5 Å². The van der Waals surface area contributed by atoms with Crippen molar-refractivity contribution < 1.29 is 24.2 Å². The van der Waals surface area contributed by atoms with Crippen molar-refractivity contribution >= 4 is 29.7 Å². The number of nitrogens with one attached hydrogen (secondary N) is 2. The maximum Gasteiger partial charge on any atom is 0.408 e. The van der Waals surface area contributed by atoms with Crippen LogP contribution < -0.4 is 10.6 Å². The normalized spacial score (nSPS) is 13.1. The number of nitrogens with zero attached hydrogens (tertiary/aromatic N) is 1. The third kappa shape index (κ3) is 10.4. The maximum absolute atomic E-state index is 13.9. The van der Waals surface area contributed by atoms with Gasteiger partial charge in [-0.05, 0) is 65.5 Å². The number of para-hydroxylation sites is 1. The molecule has 2 atom stereocenters. The van der Waals surface area contributed by atoms with Crippen molar-refractivity contribution in [3.63, 3.8) is 0 Å². The highest BCUT2D eigenvalue weighted by atomic mass is 32.2. The van der Waals surface area contributed by atoms with Crippen molar-refractivity contribution in [1.29, 1.82) is 0 Å². The Morgan fingerprint density at radius 2 is 1.80 bits per heavy atom.